The Morgan fingerprint density at radius 2 is 1.79 bits per heavy atom. The van der Waals surface area contributed by atoms with Gasteiger partial charge < -0.3 is 15.8 Å². The molecule has 0 bridgehead atoms. The number of nitrogens with one attached hydrogen (secondary N) is 1. The van der Waals surface area contributed by atoms with Crippen LogP contribution < -0.4 is 15.8 Å². The molecule has 1 amide bonds. The highest BCUT2D eigenvalue weighted by Gasteiger charge is 2.25. The third-order valence-corrected chi connectivity index (χ3v) is 4.17. The summed E-state index contributed by atoms with van der Waals surface area (Å²) in [5.74, 6) is 1.54. The van der Waals surface area contributed by atoms with Crippen LogP contribution in [0.2, 0.25) is 0 Å². The van der Waals surface area contributed by atoms with E-state index < -0.39 is 0 Å². The summed E-state index contributed by atoms with van der Waals surface area (Å²) < 4.78 is 5.79. The van der Waals surface area contributed by atoms with Gasteiger partial charge in [-0.3, -0.25) is 4.79 Å². The maximum Gasteiger partial charge on any atom is 0.227 e. The minimum absolute atomic E-state index is 0. The normalized spacial score (nSPS) is 19.9. The third-order valence-electron chi connectivity index (χ3n) is 4.17. The monoisotopic (exact) mass is 346 g/mol. The highest BCUT2D eigenvalue weighted by atomic mass is 35.5. The van der Waals surface area contributed by atoms with Crippen LogP contribution in [0.25, 0.3) is 0 Å². The average molecular weight is 347 g/mol. The Hall–Kier alpha value is -2.04. The first kappa shape index (κ1) is 18.3. The molecule has 0 radical (unpaired) electrons. The van der Waals surface area contributed by atoms with Crippen molar-refractivity contribution >= 4 is 24.0 Å². The molecule has 0 spiro atoms. The number of hydrogen-bond donors (Lipinski definition) is 2. The molecule has 3 rings (SSSR count). The van der Waals surface area contributed by atoms with E-state index in [1.165, 1.54) is 0 Å². The number of ether oxygens (including phenoxy) is 1. The lowest BCUT2D eigenvalue weighted by Crippen LogP contribution is -2.34. The molecule has 2 aromatic carbocycles. The van der Waals surface area contributed by atoms with Gasteiger partial charge >= 0.3 is 0 Å². The van der Waals surface area contributed by atoms with E-state index in [1.54, 1.807) is 0 Å². The molecule has 0 heterocycles. The minimum Gasteiger partial charge on any atom is -0.457 e. The lowest BCUT2D eigenvalue weighted by molar-refractivity contribution is -0.120. The van der Waals surface area contributed by atoms with Gasteiger partial charge in [0.2, 0.25) is 5.91 Å². The Morgan fingerprint density at radius 1 is 1.04 bits per heavy atom. The zero-order valence-corrected chi connectivity index (χ0v) is 14.3. The molecule has 1 aliphatic carbocycles. The zero-order valence-electron chi connectivity index (χ0n) is 13.5. The van der Waals surface area contributed by atoms with Crippen LogP contribution in [0, 0.1) is 5.92 Å². The Kier molecular flexibility index (Phi) is 6.64. The van der Waals surface area contributed by atoms with Crippen LogP contribution in [0.3, 0.4) is 0 Å². The molecule has 2 aromatic rings. The van der Waals surface area contributed by atoms with Gasteiger partial charge in [-0.1, -0.05) is 30.7 Å². The van der Waals surface area contributed by atoms with Crippen LogP contribution in [-0.4, -0.2) is 11.9 Å². The molecular weight excluding hydrogens is 324 g/mol. The number of carbonyl (C=O) groups is 1. The molecule has 2 unspecified atom stereocenters. The summed E-state index contributed by atoms with van der Waals surface area (Å²) in [5, 5.41) is 2.98. The molecule has 1 fully saturated rings. The average Bonchev–Trinajstić information content (AvgIpc) is 2.56. The van der Waals surface area contributed by atoms with E-state index in [0.717, 1.165) is 37.1 Å². The van der Waals surface area contributed by atoms with Gasteiger partial charge in [0.05, 0.1) is 0 Å². The topological polar surface area (TPSA) is 64.4 Å². The number of hydrogen-bond acceptors (Lipinski definition) is 3. The summed E-state index contributed by atoms with van der Waals surface area (Å²) in [6, 6.07) is 17.2. The van der Waals surface area contributed by atoms with Gasteiger partial charge in [-0.15, -0.1) is 12.4 Å². The molecule has 0 aromatic heterocycles. The van der Waals surface area contributed by atoms with Crippen molar-refractivity contribution in [3.05, 3.63) is 54.6 Å². The van der Waals surface area contributed by atoms with E-state index in [4.69, 9.17) is 10.5 Å². The third kappa shape index (κ3) is 4.98. The largest absolute Gasteiger partial charge is 0.457 e. The van der Waals surface area contributed by atoms with Crippen LogP contribution in [0.4, 0.5) is 5.69 Å². The first-order chi connectivity index (χ1) is 11.2. The summed E-state index contributed by atoms with van der Waals surface area (Å²) in [4.78, 5) is 12.4. The van der Waals surface area contributed by atoms with E-state index in [-0.39, 0.29) is 30.3 Å². The Bertz CT molecular complexity index is 663. The highest BCUT2D eigenvalue weighted by Crippen LogP contribution is 2.27. The Labute approximate surface area is 148 Å². The fraction of sp³-hybridized carbons (Fsp3) is 0.316. The summed E-state index contributed by atoms with van der Waals surface area (Å²) >= 11 is 0. The highest BCUT2D eigenvalue weighted by molar-refractivity contribution is 5.92. The van der Waals surface area contributed by atoms with Gasteiger partial charge in [0.1, 0.15) is 11.5 Å². The summed E-state index contributed by atoms with van der Waals surface area (Å²) in [6.07, 6.45) is 3.73. The minimum atomic E-state index is 0. The second-order valence-corrected chi connectivity index (χ2v) is 6.06. The van der Waals surface area contributed by atoms with Crippen molar-refractivity contribution in [1.29, 1.82) is 0 Å². The standard InChI is InChI=1S/C19H22N2O2.ClH/c20-15-7-4-6-14(12-15)19(22)21-16-8-5-11-18(13-16)23-17-9-2-1-3-10-17;/h1-3,5,8-11,13-15H,4,6-7,12,20H2,(H,21,22);1H. The predicted molar refractivity (Wildman–Crippen MR) is 98.8 cm³/mol. The van der Waals surface area contributed by atoms with Crippen LogP contribution in [0.15, 0.2) is 54.6 Å². The van der Waals surface area contributed by atoms with Crippen molar-refractivity contribution in [2.24, 2.45) is 11.7 Å². The van der Waals surface area contributed by atoms with E-state index in [9.17, 15) is 4.79 Å². The maximum absolute atomic E-state index is 12.4. The van der Waals surface area contributed by atoms with Gasteiger partial charge in [0.15, 0.2) is 0 Å². The molecule has 128 valence electrons. The van der Waals surface area contributed by atoms with E-state index in [2.05, 4.69) is 5.32 Å². The number of nitrogens with two attached hydrogens (primary N) is 1. The lowest BCUT2D eigenvalue weighted by Gasteiger charge is -2.25. The predicted octanol–water partition coefficient (Wildman–Crippen LogP) is 4.36. The van der Waals surface area contributed by atoms with Gasteiger partial charge in [0.25, 0.3) is 0 Å². The zero-order chi connectivity index (χ0) is 16.1. The van der Waals surface area contributed by atoms with Gasteiger partial charge in [-0.2, -0.15) is 0 Å². The lowest BCUT2D eigenvalue weighted by atomic mass is 9.85. The van der Waals surface area contributed by atoms with E-state index in [1.807, 2.05) is 54.6 Å². The summed E-state index contributed by atoms with van der Waals surface area (Å²) in [7, 11) is 0. The van der Waals surface area contributed by atoms with Crippen LogP contribution in [-0.2, 0) is 4.79 Å². The van der Waals surface area contributed by atoms with Crippen LogP contribution in [0.5, 0.6) is 11.5 Å². The molecule has 0 aliphatic heterocycles. The van der Waals surface area contributed by atoms with Gasteiger partial charge in [-0.25, -0.2) is 0 Å². The molecule has 24 heavy (non-hydrogen) atoms. The maximum atomic E-state index is 12.4. The molecular formula is C19H23ClN2O2. The number of carbonyl (C=O) groups excluding carboxylic acids is 1. The van der Waals surface area contributed by atoms with Crippen molar-refractivity contribution in [3.63, 3.8) is 0 Å². The number of rotatable bonds is 4. The quantitative estimate of drug-likeness (QED) is 0.864. The van der Waals surface area contributed by atoms with Gasteiger partial charge in [0, 0.05) is 23.7 Å². The van der Waals surface area contributed by atoms with Crippen molar-refractivity contribution in [1.82, 2.24) is 0 Å². The number of para-hydroxylation sites is 1. The molecule has 1 aliphatic rings. The molecule has 0 saturated heterocycles. The molecule has 4 nitrogen and oxygen atoms in total. The van der Waals surface area contributed by atoms with E-state index >= 15 is 0 Å². The first-order valence-corrected chi connectivity index (χ1v) is 8.10. The second-order valence-electron chi connectivity index (χ2n) is 6.06. The first-order valence-electron chi connectivity index (χ1n) is 8.10. The molecule has 5 heteroatoms. The second kappa shape index (κ2) is 8.71. The number of anilines is 1. The number of benzene rings is 2. The van der Waals surface area contributed by atoms with Crippen molar-refractivity contribution < 1.29 is 9.53 Å². The van der Waals surface area contributed by atoms with Crippen molar-refractivity contribution in [2.45, 2.75) is 31.7 Å². The van der Waals surface area contributed by atoms with Crippen LogP contribution in [0.1, 0.15) is 25.7 Å². The van der Waals surface area contributed by atoms with Crippen LogP contribution >= 0.6 is 12.4 Å². The summed E-state index contributed by atoms with van der Waals surface area (Å²) in [6.45, 7) is 0. The molecule has 1 saturated carbocycles. The van der Waals surface area contributed by atoms with Gasteiger partial charge in [-0.05, 0) is 43.5 Å². The number of halogens is 1. The van der Waals surface area contributed by atoms with E-state index in [0.29, 0.717) is 5.75 Å². The Morgan fingerprint density at radius 3 is 2.54 bits per heavy atom. The smallest absolute Gasteiger partial charge is 0.227 e. The molecule has 2 atom stereocenters. The SMILES string of the molecule is Cl.NC1CCCC(C(=O)Nc2cccc(Oc3ccccc3)c2)C1. The summed E-state index contributed by atoms with van der Waals surface area (Å²) in [5.41, 5.74) is 6.72. The van der Waals surface area contributed by atoms with Crippen molar-refractivity contribution in [3.8, 4) is 11.5 Å². The number of amides is 1. The fourth-order valence-corrected chi connectivity index (χ4v) is 2.97. The van der Waals surface area contributed by atoms with Crippen molar-refractivity contribution in [2.75, 3.05) is 5.32 Å². The molecule has 3 N–H and O–H groups in total. The fourth-order valence-electron chi connectivity index (χ4n) is 2.97. The Balaban J connectivity index is 0.00000208.